The van der Waals surface area contributed by atoms with Crippen molar-refractivity contribution in [3.8, 4) is 11.5 Å². The normalized spacial score (nSPS) is 17.0. The zero-order valence-electron chi connectivity index (χ0n) is 42.1. The van der Waals surface area contributed by atoms with E-state index in [-0.39, 0.29) is 83.4 Å². The van der Waals surface area contributed by atoms with Gasteiger partial charge in [0.15, 0.2) is 0 Å². The average molecular weight is 1120 g/mol. The molecule has 2 aliphatic rings. The van der Waals surface area contributed by atoms with Gasteiger partial charge < -0.3 is 59.3 Å². The van der Waals surface area contributed by atoms with Crippen LogP contribution >= 0.6 is 48.0 Å². The van der Waals surface area contributed by atoms with Crippen LogP contribution in [0.2, 0.25) is 10.0 Å². The quantitative estimate of drug-likeness (QED) is 0.0504. The van der Waals surface area contributed by atoms with E-state index in [0.717, 1.165) is 38.5 Å². The summed E-state index contributed by atoms with van der Waals surface area (Å²) >= 11 is 11.8. The van der Waals surface area contributed by atoms with Crippen molar-refractivity contribution in [1.29, 1.82) is 0 Å². The number of fused-ring (bicyclic) bond motifs is 2. The van der Waals surface area contributed by atoms with Gasteiger partial charge in [-0.05, 0) is 119 Å². The molecule has 2 fully saturated rings. The molecule has 2 saturated carbocycles. The van der Waals surface area contributed by atoms with E-state index >= 15 is 0 Å². The first-order valence-corrected chi connectivity index (χ1v) is 24.7. The Hall–Kier alpha value is -6.19. The summed E-state index contributed by atoms with van der Waals surface area (Å²) in [4.78, 5) is 74.5. The molecule has 0 saturated heterocycles. The van der Waals surface area contributed by atoms with E-state index < -0.39 is 11.8 Å². The van der Waals surface area contributed by atoms with Crippen molar-refractivity contribution in [3.05, 3.63) is 94.6 Å². The van der Waals surface area contributed by atoms with Crippen LogP contribution in [0.15, 0.2) is 81.9 Å². The van der Waals surface area contributed by atoms with E-state index in [0.29, 0.717) is 100 Å². The SMILES string of the molecule is CNC1CCC(C(=O)Nc2c(C(=O)Nc3ccc(Cl)cn3)oc3ccc(OCCOC)cc23)CC1.COCCOc1ccc2oc(C(=O)Nc3ccc(Cl)cn3)c(NC(=O)C3CCC(N(C)C(C)=O)CC3)c2c1.Cl.Cl. The number of hydrogen-bond donors (Lipinski definition) is 5. The van der Waals surface area contributed by atoms with E-state index in [4.69, 9.17) is 51.0 Å². The Morgan fingerprint density at radius 2 is 1.04 bits per heavy atom. The molecule has 404 valence electrons. The number of anilines is 4. The second kappa shape index (κ2) is 28.6. The van der Waals surface area contributed by atoms with Crippen LogP contribution in [0.3, 0.4) is 0 Å². The van der Waals surface area contributed by atoms with Gasteiger partial charge in [0.25, 0.3) is 11.8 Å². The summed E-state index contributed by atoms with van der Waals surface area (Å²) in [5, 5.41) is 16.6. The number of hydrogen-bond acceptors (Lipinski definition) is 14. The van der Waals surface area contributed by atoms with Gasteiger partial charge in [-0.1, -0.05) is 23.2 Å². The van der Waals surface area contributed by atoms with Crippen LogP contribution in [0.1, 0.15) is 79.4 Å². The number of rotatable bonds is 18. The van der Waals surface area contributed by atoms with E-state index in [2.05, 4.69) is 36.6 Å². The van der Waals surface area contributed by atoms with Gasteiger partial charge in [0.1, 0.15) is 58.9 Å². The first-order valence-electron chi connectivity index (χ1n) is 24.0. The number of pyridine rings is 2. The Morgan fingerprint density at radius 1 is 0.613 bits per heavy atom. The molecule has 5 amide bonds. The van der Waals surface area contributed by atoms with Crippen LogP contribution in [0.4, 0.5) is 23.0 Å². The smallest absolute Gasteiger partial charge is 0.294 e. The third-order valence-corrected chi connectivity index (χ3v) is 13.3. The molecule has 6 aromatic rings. The number of benzene rings is 2. The van der Waals surface area contributed by atoms with Gasteiger partial charge in [0.05, 0.1) is 23.3 Å². The zero-order valence-corrected chi connectivity index (χ0v) is 45.3. The number of aromatic nitrogens is 2. The minimum atomic E-state index is -0.569. The van der Waals surface area contributed by atoms with Gasteiger partial charge >= 0.3 is 0 Å². The number of carbonyl (C=O) groups excluding carboxylic acids is 5. The topological polar surface area (TPSA) is 238 Å². The number of nitrogens with one attached hydrogen (secondary N) is 5. The van der Waals surface area contributed by atoms with Crippen molar-refractivity contribution in [1.82, 2.24) is 20.2 Å². The summed E-state index contributed by atoms with van der Waals surface area (Å²) in [5.41, 5.74) is 1.44. The molecule has 2 aromatic carbocycles. The molecule has 4 heterocycles. The maximum absolute atomic E-state index is 13.3. The number of carbonyl (C=O) groups is 5. The fourth-order valence-corrected chi connectivity index (χ4v) is 8.93. The van der Waals surface area contributed by atoms with E-state index in [1.807, 2.05) is 7.05 Å². The molecule has 2 aliphatic carbocycles. The monoisotopic (exact) mass is 1110 g/mol. The second-order valence-electron chi connectivity index (χ2n) is 17.7. The molecule has 5 N–H and O–H groups in total. The maximum atomic E-state index is 13.3. The highest BCUT2D eigenvalue weighted by molar-refractivity contribution is 6.30. The average Bonchev–Trinajstić information content (AvgIpc) is 3.95. The van der Waals surface area contributed by atoms with Crippen molar-refractivity contribution in [2.45, 2.75) is 70.4 Å². The fraction of sp³-hybridized carbons (Fsp3) is 0.404. The van der Waals surface area contributed by atoms with Crippen molar-refractivity contribution in [3.63, 3.8) is 0 Å². The Labute approximate surface area is 456 Å². The van der Waals surface area contributed by atoms with Gasteiger partial charge in [0.2, 0.25) is 29.2 Å². The zero-order chi connectivity index (χ0) is 52.0. The summed E-state index contributed by atoms with van der Waals surface area (Å²) in [6, 6.07) is 17.3. The lowest BCUT2D eigenvalue weighted by molar-refractivity contribution is -0.130. The number of amides is 5. The van der Waals surface area contributed by atoms with Crippen molar-refractivity contribution < 1.29 is 51.8 Å². The number of nitrogens with zero attached hydrogens (tertiary/aromatic N) is 3. The van der Waals surface area contributed by atoms with Crippen LogP contribution in [-0.2, 0) is 23.9 Å². The van der Waals surface area contributed by atoms with E-state index in [1.165, 1.54) is 12.4 Å². The van der Waals surface area contributed by atoms with Crippen molar-refractivity contribution >= 4 is 123 Å². The first-order chi connectivity index (χ1) is 35.2. The van der Waals surface area contributed by atoms with Crippen molar-refractivity contribution in [2.24, 2.45) is 11.8 Å². The third kappa shape index (κ3) is 15.9. The first kappa shape index (κ1) is 59.7. The largest absolute Gasteiger partial charge is 0.491 e. The molecule has 4 aromatic heterocycles. The van der Waals surface area contributed by atoms with Crippen LogP contribution in [0.25, 0.3) is 21.9 Å². The highest BCUT2D eigenvalue weighted by Gasteiger charge is 2.32. The molecule has 0 unspecified atom stereocenters. The predicted molar refractivity (Wildman–Crippen MR) is 292 cm³/mol. The second-order valence-corrected chi connectivity index (χ2v) is 18.6. The Balaban J connectivity index is 0.000000271. The lowest BCUT2D eigenvalue weighted by atomic mass is 9.84. The van der Waals surface area contributed by atoms with Crippen LogP contribution in [0, 0.1) is 11.8 Å². The molecule has 0 radical (unpaired) electrons. The molecule has 0 atom stereocenters. The minimum absolute atomic E-state index is 0. The number of methoxy groups -OCH3 is 2. The summed E-state index contributed by atoms with van der Waals surface area (Å²) in [7, 11) is 6.91. The Bertz CT molecular complexity index is 2870. The van der Waals surface area contributed by atoms with E-state index in [9.17, 15) is 24.0 Å². The molecule has 0 aliphatic heterocycles. The highest BCUT2D eigenvalue weighted by atomic mass is 35.5. The van der Waals surface area contributed by atoms with Crippen LogP contribution in [-0.4, -0.2) is 111 Å². The fourth-order valence-electron chi connectivity index (χ4n) is 8.71. The highest BCUT2D eigenvalue weighted by Crippen LogP contribution is 2.38. The lowest BCUT2D eigenvalue weighted by Gasteiger charge is -2.33. The summed E-state index contributed by atoms with van der Waals surface area (Å²) < 4.78 is 33.3. The van der Waals surface area contributed by atoms with Crippen molar-refractivity contribution in [2.75, 3.05) is 76.0 Å². The molecule has 0 bridgehead atoms. The summed E-state index contributed by atoms with van der Waals surface area (Å²) in [6.07, 6.45) is 8.97. The maximum Gasteiger partial charge on any atom is 0.294 e. The number of ether oxygens (including phenoxy) is 4. The molecule has 8 rings (SSSR count). The Morgan fingerprint density at radius 3 is 1.41 bits per heavy atom. The standard InChI is InChI=1S/C27H31ClN4O6.C25H29ClN4O5.2ClH/c1-16(33)32(2)19-7-4-17(5-8-19)26(34)31-24-21-14-20(37-13-12-36-3)9-10-22(21)38-25(24)27(35)30-23-11-6-18(28)15-29-23;1-27-17-6-3-15(4-7-17)24(31)30-22-19-13-18(34-12-11-33-2)8-9-20(19)35-23(22)25(32)29-21-10-5-16(26)14-28-21;;/h6,9-11,14-15,17,19H,4-5,7-8,12-13H2,1-3H3,(H,31,34)(H,29,30,35);5,8-10,13-15,17,27H,3-4,6-7,11-12H2,1-2H3,(H,30,31)(H,28,29,32);2*1H. The van der Waals surface area contributed by atoms with Gasteiger partial charge in [-0.2, -0.15) is 0 Å². The molecule has 75 heavy (non-hydrogen) atoms. The van der Waals surface area contributed by atoms with Gasteiger partial charge in [-0.3, -0.25) is 24.0 Å². The lowest BCUT2D eigenvalue weighted by Crippen LogP contribution is -2.40. The Kier molecular flexibility index (Phi) is 22.8. The third-order valence-electron chi connectivity index (χ3n) is 12.9. The molecule has 23 heteroatoms. The van der Waals surface area contributed by atoms with Gasteiger partial charge in [-0.15, -0.1) is 24.8 Å². The van der Waals surface area contributed by atoms with E-state index in [1.54, 1.807) is 93.8 Å². The molecular weight excluding hydrogens is 1050 g/mol. The molecular formula is C52H62Cl4N8O11. The molecule has 0 spiro atoms. The predicted octanol–water partition coefficient (Wildman–Crippen LogP) is 10.1. The van der Waals surface area contributed by atoms with Crippen LogP contribution in [0.5, 0.6) is 11.5 Å². The summed E-state index contributed by atoms with van der Waals surface area (Å²) in [5.74, 6) is -0.175. The number of furan rings is 2. The summed E-state index contributed by atoms with van der Waals surface area (Å²) in [6.45, 7) is 3.10. The minimum Gasteiger partial charge on any atom is -0.491 e. The van der Waals surface area contributed by atoms with Gasteiger partial charge in [-0.25, -0.2) is 9.97 Å². The number of halogens is 4. The van der Waals surface area contributed by atoms with Crippen LogP contribution < -0.4 is 36.1 Å². The van der Waals surface area contributed by atoms with Gasteiger partial charge in [0, 0.05) is 75.3 Å². The molecule has 19 nitrogen and oxygen atoms in total.